The van der Waals surface area contributed by atoms with Gasteiger partial charge in [0.25, 0.3) is 0 Å². The van der Waals surface area contributed by atoms with E-state index in [1.54, 1.807) is 12.1 Å². The van der Waals surface area contributed by atoms with Crippen LogP contribution in [-0.4, -0.2) is 17.2 Å². The molecule has 0 unspecified atom stereocenters. The molecule has 0 saturated heterocycles. The summed E-state index contributed by atoms with van der Waals surface area (Å²) in [5, 5.41) is 3.32. The monoisotopic (exact) mass is 312 g/mol. The number of hydrogen-bond acceptors (Lipinski definition) is 3. The summed E-state index contributed by atoms with van der Waals surface area (Å²) in [6, 6.07) is 5.44. The Balaban J connectivity index is 2.84. The number of nitrogens with two attached hydrogens (primary N) is 1. The maximum Gasteiger partial charge on any atom is 0.412 e. The van der Waals surface area contributed by atoms with Crippen molar-refractivity contribution < 1.29 is 9.53 Å². The molecule has 0 aromatic heterocycles. The summed E-state index contributed by atoms with van der Waals surface area (Å²) < 4.78 is 5.26. The van der Waals surface area contributed by atoms with Crippen LogP contribution >= 0.6 is 11.6 Å². The van der Waals surface area contributed by atoms with Crippen molar-refractivity contribution in [2.45, 2.75) is 58.6 Å². The zero-order valence-electron chi connectivity index (χ0n) is 13.4. The van der Waals surface area contributed by atoms with Crippen molar-refractivity contribution in [3.8, 4) is 0 Å². The number of anilines is 1. The number of carbonyl (C=O) groups excluding carboxylic acids is 1. The smallest absolute Gasteiger partial charge is 0.412 e. The molecule has 4 nitrogen and oxygen atoms in total. The van der Waals surface area contributed by atoms with Crippen LogP contribution in [0.1, 0.15) is 46.6 Å². The molecule has 0 spiro atoms. The van der Waals surface area contributed by atoms with Gasteiger partial charge in [-0.3, -0.25) is 5.32 Å². The molecule has 0 aliphatic heterocycles. The van der Waals surface area contributed by atoms with Gasteiger partial charge in [0.1, 0.15) is 5.60 Å². The minimum Gasteiger partial charge on any atom is -0.444 e. The molecular weight excluding hydrogens is 288 g/mol. The third kappa shape index (κ3) is 7.34. The van der Waals surface area contributed by atoms with E-state index in [1.807, 2.05) is 40.7 Å². The Morgan fingerprint density at radius 3 is 2.43 bits per heavy atom. The first-order valence-electron chi connectivity index (χ1n) is 7.04. The van der Waals surface area contributed by atoms with E-state index >= 15 is 0 Å². The minimum atomic E-state index is -0.540. The fourth-order valence-electron chi connectivity index (χ4n) is 1.75. The summed E-state index contributed by atoms with van der Waals surface area (Å²) >= 11 is 6.01. The van der Waals surface area contributed by atoms with Crippen LogP contribution in [0.25, 0.3) is 0 Å². The molecule has 0 atom stereocenters. The maximum atomic E-state index is 11.9. The highest BCUT2D eigenvalue weighted by Crippen LogP contribution is 2.24. The van der Waals surface area contributed by atoms with E-state index in [-0.39, 0.29) is 5.54 Å². The lowest BCUT2D eigenvalue weighted by Crippen LogP contribution is -2.32. The maximum absolute atomic E-state index is 11.9. The standard InChI is InChI=1S/C16H25ClN2O2/c1-15(2,3)21-14(20)19-13-10-12(17)7-6-11(13)8-9-16(4,5)18/h6-7,10H,8-9,18H2,1-5H3,(H,19,20). The normalized spacial score (nSPS) is 12.1. The van der Waals surface area contributed by atoms with E-state index in [9.17, 15) is 4.79 Å². The van der Waals surface area contributed by atoms with Gasteiger partial charge in [-0.05, 0) is 65.2 Å². The SMILES string of the molecule is CC(C)(N)CCc1ccc(Cl)cc1NC(=O)OC(C)(C)C. The second-order valence-electron chi connectivity index (χ2n) is 6.92. The predicted molar refractivity (Wildman–Crippen MR) is 87.9 cm³/mol. The van der Waals surface area contributed by atoms with E-state index in [0.717, 1.165) is 18.4 Å². The highest BCUT2D eigenvalue weighted by Gasteiger charge is 2.18. The minimum absolute atomic E-state index is 0.261. The van der Waals surface area contributed by atoms with Crippen LogP contribution in [0.5, 0.6) is 0 Å². The number of carbonyl (C=O) groups is 1. The highest BCUT2D eigenvalue weighted by molar-refractivity contribution is 6.31. The second kappa shape index (κ2) is 6.67. The summed E-state index contributed by atoms with van der Waals surface area (Å²) in [4.78, 5) is 11.9. The van der Waals surface area contributed by atoms with E-state index in [2.05, 4.69) is 5.32 Å². The first-order valence-corrected chi connectivity index (χ1v) is 7.41. The van der Waals surface area contributed by atoms with Gasteiger partial charge in [-0.15, -0.1) is 0 Å². The Hall–Kier alpha value is -1.26. The van der Waals surface area contributed by atoms with Crippen molar-refractivity contribution in [2.75, 3.05) is 5.32 Å². The second-order valence-corrected chi connectivity index (χ2v) is 7.35. The van der Waals surface area contributed by atoms with Crippen LogP contribution < -0.4 is 11.1 Å². The molecule has 1 rings (SSSR count). The molecule has 118 valence electrons. The summed E-state index contributed by atoms with van der Waals surface area (Å²) in [7, 11) is 0. The third-order valence-corrected chi connectivity index (χ3v) is 2.98. The average molecular weight is 313 g/mol. The molecule has 0 aliphatic rings. The number of hydrogen-bond donors (Lipinski definition) is 2. The molecule has 0 heterocycles. The van der Waals surface area contributed by atoms with Gasteiger partial charge in [0.2, 0.25) is 0 Å². The zero-order chi connectivity index (χ0) is 16.3. The Labute approximate surface area is 132 Å². The summed E-state index contributed by atoms with van der Waals surface area (Å²) in [6.45, 7) is 9.42. The van der Waals surface area contributed by atoms with Gasteiger partial charge in [0, 0.05) is 16.2 Å². The van der Waals surface area contributed by atoms with E-state index in [1.165, 1.54) is 0 Å². The summed E-state index contributed by atoms with van der Waals surface area (Å²) in [6.07, 6.45) is 1.07. The summed E-state index contributed by atoms with van der Waals surface area (Å²) in [5.74, 6) is 0. The van der Waals surface area contributed by atoms with Crippen molar-refractivity contribution in [2.24, 2.45) is 5.73 Å². The number of amides is 1. The van der Waals surface area contributed by atoms with Gasteiger partial charge >= 0.3 is 6.09 Å². The highest BCUT2D eigenvalue weighted by atomic mass is 35.5. The van der Waals surface area contributed by atoms with E-state index < -0.39 is 11.7 Å². The number of rotatable bonds is 4. The Morgan fingerprint density at radius 2 is 1.90 bits per heavy atom. The Kier molecular flexibility index (Phi) is 5.65. The lowest BCUT2D eigenvalue weighted by atomic mass is 9.96. The molecule has 3 N–H and O–H groups in total. The fraction of sp³-hybridized carbons (Fsp3) is 0.562. The number of ether oxygens (including phenoxy) is 1. The van der Waals surface area contributed by atoms with Gasteiger partial charge in [-0.1, -0.05) is 17.7 Å². The molecule has 0 bridgehead atoms. The van der Waals surface area contributed by atoms with Crippen molar-refractivity contribution in [1.29, 1.82) is 0 Å². The van der Waals surface area contributed by atoms with Crippen LogP contribution in [0.2, 0.25) is 5.02 Å². The fourth-order valence-corrected chi connectivity index (χ4v) is 1.93. The molecule has 5 heteroatoms. The Bertz CT molecular complexity index is 502. The average Bonchev–Trinajstić information content (AvgIpc) is 2.23. The molecule has 1 aromatic carbocycles. The molecular formula is C16H25ClN2O2. The molecule has 1 amide bonds. The van der Waals surface area contributed by atoms with E-state index in [0.29, 0.717) is 10.7 Å². The number of aryl methyl sites for hydroxylation is 1. The third-order valence-electron chi connectivity index (χ3n) is 2.75. The predicted octanol–water partition coefficient (Wildman–Crippen LogP) is 4.36. The van der Waals surface area contributed by atoms with Crippen molar-refractivity contribution in [1.82, 2.24) is 0 Å². The molecule has 0 saturated carbocycles. The summed E-state index contributed by atoms with van der Waals surface area (Å²) in [5.41, 5.74) is 6.87. The molecule has 0 aliphatic carbocycles. The van der Waals surface area contributed by atoms with Crippen molar-refractivity contribution >= 4 is 23.4 Å². The quantitative estimate of drug-likeness (QED) is 0.868. The van der Waals surface area contributed by atoms with Gasteiger partial charge in [0.05, 0.1) is 0 Å². The van der Waals surface area contributed by atoms with Crippen molar-refractivity contribution in [3.63, 3.8) is 0 Å². The number of benzene rings is 1. The Morgan fingerprint density at radius 1 is 1.29 bits per heavy atom. The van der Waals surface area contributed by atoms with Crippen LogP contribution in [0.15, 0.2) is 18.2 Å². The molecule has 0 radical (unpaired) electrons. The first-order chi connectivity index (χ1) is 9.46. The van der Waals surface area contributed by atoms with Crippen LogP contribution in [-0.2, 0) is 11.2 Å². The lowest BCUT2D eigenvalue weighted by Gasteiger charge is -2.22. The lowest BCUT2D eigenvalue weighted by molar-refractivity contribution is 0.0636. The largest absolute Gasteiger partial charge is 0.444 e. The van der Waals surface area contributed by atoms with Crippen LogP contribution in [0.3, 0.4) is 0 Å². The molecule has 21 heavy (non-hydrogen) atoms. The van der Waals surface area contributed by atoms with Gasteiger partial charge < -0.3 is 10.5 Å². The molecule has 1 aromatic rings. The number of halogens is 1. The molecule has 0 fully saturated rings. The topological polar surface area (TPSA) is 64.3 Å². The van der Waals surface area contributed by atoms with E-state index in [4.69, 9.17) is 22.1 Å². The van der Waals surface area contributed by atoms with Crippen LogP contribution in [0.4, 0.5) is 10.5 Å². The zero-order valence-corrected chi connectivity index (χ0v) is 14.2. The van der Waals surface area contributed by atoms with Crippen LogP contribution in [0, 0.1) is 0 Å². The van der Waals surface area contributed by atoms with Gasteiger partial charge in [0.15, 0.2) is 0 Å². The number of nitrogens with one attached hydrogen (secondary N) is 1. The van der Waals surface area contributed by atoms with Gasteiger partial charge in [-0.25, -0.2) is 4.79 Å². The van der Waals surface area contributed by atoms with Crippen molar-refractivity contribution in [3.05, 3.63) is 28.8 Å². The van der Waals surface area contributed by atoms with Gasteiger partial charge in [-0.2, -0.15) is 0 Å². The first kappa shape index (κ1) is 17.8.